The highest BCUT2D eigenvalue weighted by Gasteiger charge is 2.36. The second kappa shape index (κ2) is 7.67. The average Bonchev–Trinajstić information content (AvgIpc) is 2.59. The van der Waals surface area contributed by atoms with Crippen LogP contribution in [-0.2, 0) is 22.9 Å². The van der Waals surface area contributed by atoms with Crippen LogP contribution < -0.4 is 0 Å². The number of aryl methyl sites for hydroxylation is 1. The van der Waals surface area contributed by atoms with E-state index in [1.54, 1.807) is 25.4 Å². The number of rotatable bonds is 6. The molecule has 0 aliphatic heterocycles. The summed E-state index contributed by atoms with van der Waals surface area (Å²) in [4.78, 5) is 4.71. The fourth-order valence-corrected chi connectivity index (χ4v) is 4.47. The smallest absolute Gasteiger partial charge is 0.243 e. The maximum atomic E-state index is 13.1. The van der Waals surface area contributed by atoms with Gasteiger partial charge in [-0.1, -0.05) is 45.9 Å². The SMILES string of the molecule is CCc1ccc(S(=O)(=O)N(C)[C@H](Cc2ccccn2)C(C)(C)C)cc1. The van der Waals surface area contributed by atoms with E-state index < -0.39 is 10.0 Å². The van der Waals surface area contributed by atoms with Crippen LogP contribution in [-0.4, -0.2) is 30.8 Å². The van der Waals surface area contributed by atoms with Crippen molar-refractivity contribution in [3.05, 3.63) is 59.9 Å². The molecular weight excluding hydrogens is 332 g/mol. The lowest BCUT2D eigenvalue weighted by Gasteiger charge is -2.37. The van der Waals surface area contributed by atoms with Crippen LogP contribution in [0.15, 0.2) is 53.6 Å². The van der Waals surface area contributed by atoms with Gasteiger partial charge in [0, 0.05) is 31.4 Å². The van der Waals surface area contributed by atoms with Gasteiger partial charge in [-0.15, -0.1) is 0 Å². The number of hydrogen-bond acceptors (Lipinski definition) is 3. The number of aromatic nitrogens is 1. The molecule has 136 valence electrons. The lowest BCUT2D eigenvalue weighted by Crippen LogP contribution is -2.46. The summed E-state index contributed by atoms with van der Waals surface area (Å²) in [5, 5.41) is 0. The van der Waals surface area contributed by atoms with Gasteiger partial charge in [0.15, 0.2) is 0 Å². The Balaban J connectivity index is 2.35. The van der Waals surface area contributed by atoms with Crippen LogP contribution in [0.4, 0.5) is 0 Å². The number of nitrogens with zero attached hydrogens (tertiary/aromatic N) is 2. The van der Waals surface area contributed by atoms with E-state index in [-0.39, 0.29) is 11.5 Å². The molecule has 0 spiro atoms. The Kier molecular flexibility index (Phi) is 6.01. The van der Waals surface area contributed by atoms with Crippen LogP contribution in [0.5, 0.6) is 0 Å². The van der Waals surface area contributed by atoms with Gasteiger partial charge in [-0.05, 0) is 41.7 Å². The van der Waals surface area contributed by atoms with Gasteiger partial charge in [0.05, 0.1) is 4.90 Å². The highest BCUT2D eigenvalue weighted by atomic mass is 32.2. The predicted octanol–water partition coefficient (Wildman–Crippen LogP) is 3.92. The predicted molar refractivity (Wildman–Crippen MR) is 102 cm³/mol. The van der Waals surface area contributed by atoms with Crippen molar-refractivity contribution in [3.8, 4) is 0 Å². The van der Waals surface area contributed by atoms with Crippen LogP contribution in [0.2, 0.25) is 0 Å². The summed E-state index contributed by atoms with van der Waals surface area (Å²) >= 11 is 0. The maximum Gasteiger partial charge on any atom is 0.243 e. The third-order valence-corrected chi connectivity index (χ3v) is 6.46. The van der Waals surface area contributed by atoms with Crippen LogP contribution in [0.1, 0.15) is 39.0 Å². The van der Waals surface area contributed by atoms with E-state index in [4.69, 9.17) is 0 Å². The van der Waals surface area contributed by atoms with E-state index in [1.165, 1.54) is 4.31 Å². The van der Waals surface area contributed by atoms with Crippen molar-refractivity contribution >= 4 is 10.0 Å². The van der Waals surface area contributed by atoms with E-state index in [0.717, 1.165) is 17.7 Å². The molecule has 1 aromatic carbocycles. The molecule has 0 fully saturated rings. The molecule has 2 aromatic rings. The van der Waals surface area contributed by atoms with Gasteiger partial charge in [0.2, 0.25) is 10.0 Å². The second-order valence-electron chi connectivity index (χ2n) is 7.43. The van der Waals surface area contributed by atoms with Crippen LogP contribution >= 0.6 is 0 Å². The molecule has 5 heteroatoms. The lowest BCUT2D eigenvalue weighted by atomic mass is 9.84. The van der Waals surface area contributed by atoms with Crippen molar-refractivity contribution in [2.45, 2.75) is 51.5 Å². The number of sulfonamides is 1. The van der Waals surface area contributed by atoms with Crippen molar-refractivity contribution in [2.24, 2.45) is 5.41 Å². The van der Waals surface area contributed by atoms with E-state index in [0.29, 0.717) is 11.3 Å². The summed E-state index contributed by atoms with van der Waals surface area (Å²) in [7, 11) is -1.89. The first-order valence-corrected chi connectivity index (χ1v) is 10.1. The third-order valence-electron chi connectivity index (χ3n) is 4.58. The van der Waals surface area contributed by atoms with Gasteiger partial charge in [-0.2, -0.15) is 4.31 Å². The van der Waals surface area contributed by atoms with Crippen molar-refractivity contribution in [3.63, 3.8) is 0 Å². The van der Waals surface area contributed by atoms with E-state index in [2.05, 4.69) is 32.7 Å². The molecule has 0 unspecified atom stereocenters. The van der Waals surface area contributed by atoms with E-state index in [9.17, 15) is 8.42 Å². The Hall–Kier alpha value is -1.72. The topological polar surface area (TPSA) is 50.3 Å². The molecule has 25 heavy (non-hydrogen) atoms. The summed E-state index contributed by atoms with van der Waals surface area (Å²) in [5.41, 5.74) is 1.80. The number of pyridine rings is 1. The van der Waals surface area contributed by atoms with Crippen molar-refractivity contribution in [2.75, 3.05) is 7.05 Å². The molecule has 0 N–H and O–H groups in total. The number of hydrogen-bond donors (Lipinski definition) is 0. The summed E-state index contributed by atoms with van der Waals surface area (Å²) in [5.74, 6) is 0. The normalized spacial score (nSPS) is 13.8. The standard InChI is InChI=1S/C20H28N2O2S/c1-6-16-10-12-18(13-11-16)25(23,24)22(5)19(20(2,3)4)15-17-9-7-8-14-21-17/h7-14,19H,6,15H2,1-5H3/t19-/m1/s1. The molecule has 0 bridgehead atoms. The molecule has 4 nitrogen and oxygen atoms in total. The Bertz CT molecular complexity index is 779. The second-order valence-corrected chi connectivity index (χ2v) is 9.42. The third kappa shape index (κ3) is 4.67. The first-order valence-electron chi connectivity index (χ1n) is 8.63. The van der Waals surface area contributed by atoms with Crippen LogP contribution in [0.25, 0.3) is 0 Å². The van der Waals surface area contributed by atoms with Crippen molar-refractivity contribution in [1.29, 1.82) is 0 Å². The fourth-order valence-electron chi connectivity index (χ4n) is 2.93. The molecule has 0 amide bonds. The molecule has 1 heterocycles. The first-order chi connectivity index (χ1) is 11.7. The molecule has 0 aliphatic rings. The van der Waals surface area contributed by atoms with Gasteiger partial charge in [0.1, 0.15) is 0 Å². The Morgan fingerprint density at radius 1 is 1.08 bits per heavy atom. The number of benzene rings is 1. The van der Waals surface area contributed by atoms with Gasteiger partial charge in [-0.3, -0.25) is 4.98 Å². The van der Waals surface area contributed by atoms with Crippen LogP contribution in [0, 0.1) is 5.41 Å². The highest BCUT2D eigenvalue weighted by molar-refractivity contribution is 7.89. The van der Waals surface area contributed by atoms with E-state index >= 15 is 0 Å². The molecular formula is C20H28N2O2S. The van der Waals surface area contributed by atoms with Gasteiger partial charge in [0.25, 0.3) is 0 Å². The largest absolute Gasteiger partial charge is 0.261 e. The minimum atomic E-state index is -3.56. The Morgan fingerprint density at radius 3 is 2.20 bits per heavy atom. The van der Waals surface area contributed by atoms with Gasteiger partial charge in [-0.25, -0.2) is 8.42 Å². The Morgan fingerprint density at radius 2 is 1.72 bits per heavy atom. The molecule has 1 atom stereocenters. The maximum absolute atomic E-state index is 13.1. The molecule has 0 saturated heterocycles. The quantitative estimate of drug-likeness (QED) is 0.784. The average molecular weight is 361 g/mol. The lowest BCUT2D eigenvalue weighted by molar-refractivity contribution is 0.196. The molecule has 0 saturated carbocycles. The Labute approximate surface area is 152 Å². The van der Waals surface area contributed by atoms with Gasteiger partial charge < -0.3 is 0 Å². The zero-order chi connectivity index (χ0) is 18.7. The minimum absolute atomic E-state index is 0.196. The minimum Gasteiger partial charge on any atom is -0.261 e. The fraction of sp³-hybridized carbons (Fsp3) is 0.450. The zero-order valence-corrected chi connectivity index (χ0v) is 16.5. The first kappa shape index (κ1) is 19.6. The monoisotopic (exact) mass is 360 g/mol. The zero-order valence-electron chi connectivity index (χ0n) is 15.7. The molecule has 1 aromatic heterocycles. The van der Waals surface area contributed by atoms with E-state index in [1.807, 2.05) is 30.3 Å². The summed E-state index contributed by atoms with van der Waals surface area (Å²) in [6, 6.07) is 12.7. The molecule has 0 radical (unpaired) electrons. The molecule has 2 rings (SSSR count). The summed E-state index contributed by atoms with van der Waals surface area (Å²) < 4.78 is 27.7. The summed E-state index contributed by atoms with van der Waals surface area (Å²) in [6.45, 7) is 8.24. The highest BCUT2D eigenvalue weighted by Crippen LogP contribution is 2.30. The molecule has 0 aliphatic carbocycles. The van der Waals surface area contributed by atoms with Crippen molar-refractivity contribution < 1.29 is 8.42 Å². The van der Waals surface area contributed by atoms with Crippen LogP contribution in [0.3, 0.4) is 0 Å². The number of likely N-dealkylation sites (N-methyl/N-ethyl adjacent to an activating group) is 1. The van der Waals surface area contributed by atoms with Crippen molar-refractivity contribution in [1.82, 2.24) is 9.29 Å². The summed E-state index contributed by atoms with van der Waals surface area (Å²) in [6.07, 6.45) is 3.21. The van der Waals surface area contributed by atoms with Gasteiger partial charge >= 0.3 is 0 Å².